The van der Waals surface area contributed by atoms with Gasteiger partial charge < -0.3 is 31.9 Å². The minimum Gasteiger partial charge on any atom is -0.480 e. The summed E-state index contributed by atoms with van der Waals surface area (Å²) in [5.74, 6) is -3.61. The third-order valence-corrected chi connectivity index (χ3v) is 5.45. The van der Waals surface area contributed by atoms with Crippen LogP contribution in [0.5, 0.6) is 0 Å². The highest BCUT2D eigenvalue weighted by Crippen LogP contribution is 2.08. The van der Waals surface area contributed by atoms with Gasteiger partial charge in [-0.05, 0) is 11.5 Å². The number of aliphatic carboxylic acids is 1. The van der Waals surface area contributed by atoms with Crippen LogP contribution in [-0.4, -0.2) is 70.4 Å². The van der Waals surface area contributed by atoms with E-state index in [0.717, 1.165) is 5.56 Å². The second-order valence-corrected chi connectivity index (χ2v) is 7.85. The number of nitrogens with one attached hydrogen (secondary N) is 3. The van der Waals surface area contributed by atoms with Crippen LogP contribution in [0, 0.1) is 5.92 Å². The Labute approximate surface area is 192 Å². The van der Waals surface area contributed by atoms with Gasteiger partial charge in [-0.1, -0.05) is 50.6 Å². The van der Waals surface area contributed by atoms with E-state index in [1.807, 2.05) is 19.9 Å². The van der Waals surface area contributed by atoms with Gasteiger partial charge in [-0.2, -0.15) is 12.6 Å². The standard InChI is InChI=1S/C21H32N4O6S/c1-3-12(2)17(22)20(29)23-14(9-13-7-5-4-6-8-13)18(27)25-16(11-32)19(28)24-15(10-26)21(30)31/h4-8,12,14-17,26,32H,3,9-11,22H2,1-2H3,(H,23,29)(H,24,28)(H,25,27)(H,30,31). The van der Waals surface area contributed by atoms with Gasteiger partial charge in [0.2, 0.25) is 17.7 Å². The lowest BCUT2D eigenvalue weighted by atomic mass is 9.98. The Morgan fingerprint density at radius 3 is 2.00 bits per heavy atom. The van der Waals surface area contributed by atoms with Crippen molar-refractivity contribution in [1.29, 1.82) is 0 Å². The molecule has 0 aliphatic carbocycles. The van der Waals surface area contributed by atoms with Crippen molar-refractivity contribution in [2.45, 2.75) is 50.9 Å². The molecule has 1 aromatic rings. The number of carbonyl (C=O) groups is 4. The predicted octanol–water partition coefficient (Wildman–Crippen LogP) is -0.936. The van der Waals surface area contributed by atoms with Gasteiger partial charge in [-0.25, -0.2) is 4.79 Å². The molecule has 5 unspecified atom stereocenters. The topological polar surface area (TPSA) is 171 Å². The summed E-state index contributed by atoms with van der Waals surface area (Å²) in [4.78, 5) is 49.0. The molecule has 0 saturated heterocycles. The number of aliphatic hydroxyl groups is 1. The lowest BCUT2D eigenvalue weighted by Gasteiger charge is -2.25. The largest absolute Gasteiger partial charge is 0.480 e. The number of hydrogen-bond acceptors (Lipinski definition) is 7. The maximum atomic E-state index is 13.0. The van der Waals surface area contributed by atoms with Crippen LogP contribution >= 0.6 is 12.6 Å². The van der Waals surface area contributed by atoms with Crippen LogP contribution in [0.4, 0.5) is 0 Å². The molecule has 0 bridgehead atoms. The van der Waals surface area contributed by atoms with Crippen molar-refractivity contribution in [1.82, 2.24) is 16.0 Å². The van der Waals surface area contributed by atoms with E-state index in [2.05, 4.69) is 28.6 Å². The maximum absolute atomic E-state index is 13.0. The lowest BCUT2D eigenvalue weighted by Crippen LogP contribution is -2.59. The minimum absolute atomic E-state index is 0.0992. The van der Waals surface area contributed by atoms with Crippen LogP contribution in [0.3, 0.4) is 0 Å². The monoisotopic (exact) mass is 468 g/mol. The number of benzene rings is 1. The summed E-state index contributed by atoms with van der Waals surface area (Å²) in [5, 5.41) is 25.3. The molecule has 32 heavy (non-hydrogen) atoms. The van der Waals surface area contributed by atoms with Crippen molar-refractivity contribution in [2.75, 3.05) is 12.4 Å². The first-order valence-corrected chi connectivity index (χ1v) is 10.9. The zero-order chi connectivity index (χ0) is 24.3. The second-order valence-electron chi connectivity index (χ2n) is 7.49. The van der Waals surface area contributed by atoms with Gasteiger partial charge in [-0.3, -0.25) is 14.4 Å². The van der Waals surface area contributed by atoms with Gasteiger partial charge in [0.1, 0.15) is 18.1 Å². The van der Waals surface area contributed by atoms with E-state index in [1.54, 1.807) is 24.3 Å². The van der Waals surface area contributed by atoms with Gasteiger partial charge in [0, 0.05) is 12.2 Å². The van der Waals surface area contributed by atoms with Crippen molar-refractivity contribution in [3.05, 3.63) is 35.9 Å². The summed E-state index contributed by atoms with van der Waals surface area (Å²) in [7, 11) is 0. The molecule has 0 aliphatic rings. The molecular weight excluding hydrogens is 436 g/mol. The Kier molecular flexibility index (Phi) is 11.7. The highest BCUT2D eigenvalue weighted by molar-refractivity contribution is 7.80. The molecule has 5 atom stereocenters. The second kappa shape index (κ2) is 13.7. The summed E-state index contributed by atoms with van der Waals surface area (Å²) in [5.41, 5.74) is 6.77. The molecule has 10 nitrogen and oxygen atoms in total. The van der Waals surface area contributed by atoms with E-state index < -0.39 is 54.5 Å². The molecule has 0 saturated carbocycles. The average Bonchev–Trinajstić information content (AvgIpc) is 2.79. The summed E-state index contributed by atoms with van der Waals surface area (Å²) < 4.78 is 0. The minimum atomic E-state index is -1.52. The molecule has 0 aromatic heterocycles. The van der Waals surface area contributed by atoms with Crippen LogP contribution < -0.4 is 21.7 Å². The quantitative estimate of drug-likeness (QED) is 0.183. The molecule has 1 aromatic carbocycles. The summed E-state index contributed by atoms with van der Waals surface area (Å²) in [6.45, 7) is 2.92. The summed E-state index contributed by atoms with van der Waals surface area (Å²) in [6.07, 6.45) is 0.836. The molecule has 178 valence electrons. The van der Waals surface area contributed by atoms with Crippen LogP contribution in [0.2, 0.25) is 0 Å². The van der Waals surface area contributed by atoms with E-state index in [4.69, 9.17) is 15.9 Å². The van der Waals surface area contributed by atoms with E-state index in [-0.39, 0.29) is 18.1 Å². The molecular formula is C21H32N4O6S. The molecule has 0 fully saturated rings. The van der Waals surface area contributed by atoms with E-state index >= 15 is 0 Å². The molecule has 11 heteroatoms. The number of aliphatic hydroxyl groups excluding tert-OH is 1. The third kappa shape index (κ3) is 8.48. The SMILES string of the molecule is CCC(C)C(N)C(=O)NC(Cc1ccccc1)C(=O)NC(CS)C(=O)NC(CO)C(=O)O. The first kappa shape index (κ1) is 27.4. The number of amides is 3. The zero-order valence-electron chi connectivity index (χ0n) is 18.2. The van der Waals surface area contributed by atoms with E-state index in [1.165, 1.54) is 0 Å². The third-order valence-electron chi connectivity index (χ3n) is 5.09. The van der Waals surface area contributed by atoms with Gasteiger partial charge >= 0.3 is 5.97 Å². The molecule has 3 amide bonds. The Bertz CT molecular complexity index is 779. The van der Waals surface area contributed by atoms with Crippen LogP contribution in [0.15, 0.2) is 30.3 Å². The van der Waals surface area contributed by atoms with Crippen LogP contribution in [-0.2, 0) is 25.6 Å². The highest BCUT2D eigenvalue weighted by atomic mass is 32.1. The number of rotatable bonds is 13. The molecule has 0 heterocycles. The lowest BCUT2D eigenvalue weighted by molar-refractivity contribution is -0.143. The molecule has 0 spiro atoms. The van der Waals surface area contributed by atoms with Gasteiger partial charge in [-0.15, -0.1) is 0 Å². The fraction of sp³-hybridized carbons (Fsp3) is 0.524. The fourth-order valence-corrected chi connectivity index (χ4v) is 3.02. The van der Waals surface area contributed by atoms with Gasteiger partial charge in [0.15, 0.2) is 0 Å². The molecule has 0 radical (unpaired) electrons. The van der Waals surface area contributed by atoms with Crippen LogP contribution in [0.25, 0.3) is 0 Å². The Hall–Kier alpha value is -2.63. The highest BCUT2D eigenvalue weighted by Gasteiger charge is 2.30. The van der Waals surface area contributed by atoms with E-state index in [9.17, 15) is 19.2 Å². The Morgan fingerprint density at radius 2 is 1.50 bits per heavy atom. The van der Waals surface area contributed by atoms with Crippen molar-refractivity contribution >= 4 is 36.3 Å². The summed E-state index contributed by atoms with van der Waals surface area (Å²) >= 11 is 4.05. The maximum Gasteiger partial charge on any atom is 0.328 e. The number of thiol groups is 1. The average molecular weight is 469 g/mol. The van der Waals surface area contributed by atoms with Gasteiger partial charge in [0.05, 0.1) is 12.6 Å². The number of nitrogens with two attached hydrogens (primary N) is 1. The normalized spacial score (nSPS) is 15.5. The fourth-order valence-electron chi connectivity index (χ4n) is 2.76. The van der Waals surface area contributed by atoms with Crippen molar-refractivity contribution < 1.29 is 29.4 Å². The first-order valence-electron chi connectivity index (χ1n) is 10.3. The zero-order valence-corrected chi connectivity index (χ0v) is 19.0. The first-order chi connectivity index (χ1) is 15.1. The number of carbonyl (C=O) groups excluding carboxylic acids is 3. The van der Waals surface area contributed by atoms with Gasteiger partial charge in [0.25, 0.3) is 0 Å². The molecule has 7 N–H and O–H groups in total. The Morgan fingerprint density at radius 1 is 0.969 bits per heavy atom. The summed E-state index contributed by atoms with van der Waals surface area (Å²) in [6, 6.07) is 4.46. The molecule has 0 aliphatic heterocycles. The Balaban J connectivity index is 2.98. The van der Waals surface area contributed by atoms with Crippen molar-refractivity contribution in [2.24, 2.45) is 11.7 Å². The van der Waals surface area contributed by atoms with Crippen molar-refractivity contribution in [3.8, 4) is 0 Å². The predicted molar refractivity (Wildman–Crippen MR) is 122 cm³/mol. The van der Waals surface area contributed by atoms with Crippen molar-refractivity contribution in [3.63, 3.8) is 0 Å². The number of hydrogen-bond donors (Lipinski definition) is 7. The smallest absolute Gasteiger partial charge is 0.328 e. The number of carboxylic acid groups (broad SMARTS) is 1. The molecule has 1 rings (SSSR count). The number of carboxylic acids is 1. The van der Waals surface area contributed by atoms with E-state index in [0.29, 0.717) is 6.42 Å². The van der Waals surface area contributed by atoms with Crippen LogP contribution in [0.1, 0.15) is 25.8 Å².